The Labute approximate surface area is 199 Å². The fourth-order valence-corrected chi connectivity index (χ4v) is 4.25. The molecule has 0 fully saturated rings. The quantitative estimate of drug-likeness (QED) is 0.400. The van der Waals surface area contributed by atoms with Gasteiger partial charge in [0.1, 0.15) is 18.2 Å². The first-order valence-corrected chi connectivity index (χ1v) is 11.0. The first-order valence-electron chi connectivity index (χ1n) is 11.0. The first kappa shape index (κ1) is 21.0. The fourth-order valence-electron chi connectivity index (χ4n) is 4.25. The summed E-state index contributed by atoms with van der Waals surface area (Å²) in [4.78, 5) is 8.94. The Morgan fingerprint density at radius 1 is 1.14 bits per heavy atom. The molecule has 0 unspecified atom stereocenters. The molecule has 0 radical (unpaired) electrons. The van der Waals surface area contributed by atoms with Crippen LogP contribution in [0.3, 0.4) is 0 Å². The number of anilines is 2. The van der Waals surface area contributed by atoms with Gasteiger partial charge in [0.2, 0.25) is 11.8 Å². The second kappa shape index (κ2) is 8.35. The van der Waals surface area contributed by atoms with E-state index in [1.807, 2.05) is 41.8 Å². The van der Waals surface area contributed by atoms with Crippen molar-refractivity contribution in [3.63, 3.8) is 0 Å². The van der Waals surface area contributed by atoms with Crippen molar-refractivity contribution in [3.8, 4) is 22.9 Å². The molecule has 4 aromatic heterocycles. The van der Waals surface area contributed by atoms with Crippen molar-refractivity contribution in [3.05, 3.63) is 72.1 Å². The lowest BCUT2D eigenvalue weighted by Gasteiger charge is -2.23. The van der Waals surface area contributed by atoms with Crippen LogP contribution in [0.4, 0.5) is 16.2 Å². The number of nitrogens with one attached hydrogen (secondary N) is 1. The largest absolute Gasteiger partial charge is 0.494 e. The lowest BCUT2D eigenvalue weighted by Crippen LogP contribution is -2.22. The Kier molecular flexibility index (Phi) is 5.02. The summed E-state index contributed by atoms with van der Waals surface area (Å²) in [6.45, 7) is 0.405. The minimum Gasteiger partial charge on any atom is -0.494 e. The number of nitrogens with zero attached hydrogens (tertiary/aromatic N) is 7. The van der Waals surface area contributed by atoms with E-state index in [2.05, 4.69) is 30.6 Å². The van der Waals surface area contributed by atoms with E-state index in [0.717, 1.165) is 22.8 Å². The average Bonchev–Trinajstić information content (AvgIpc) is 3.48. The van der Waals surface area contributed by atoms with Crippen molar-refractivity contribution < 1.29 is 13.9 Å². The highest BCUT2D eigenvalue weighted by Gasteiger charge is 2.27. The van der Waals surface area contributed by atoms with Gasteiger partial charge in [-0.15, -0.1) is 10.2 Å². The normalized spacial score (nSPS) is 14.7. The summed E-state index contributed by atoms with van der Waals surface area (Å²) in [5.41, 5.74) is 3.03. The number of pyridine rings is 1. The highest BCUT2D eigenvalue weighted by molar-refractivity contribution is 5.67. The number of methoxy groups -OCH3 is 1. The summed E-state index contributed by atoms with van der Waals surface area (Å²) in [5.74, 6) is 2.42. The number of benzene rings is 1. The smallest absolute Gasteiger partial charge is 0.228 e. The van der Waals surface area contributed by atoms with Crippen molar-refractivity contribution in [2.75, 3.05) is 19.0 Å². The van der Waals surface area contributed by atoms with Gasteiger partial charge in [-0.2, -0.15) is 5.10 Å². The molecule has 0 saturated carbocycles. The number of halogens is 1. The Balaban J connectivity index is 1.30. The Bertz CT molecular complexity index is 1550. The van der Waals surface area contributed by atoms with Gasteiger partial charge in [0, 0.05) is 30.9 Å². The Hall–Kier alpha value is -4.54. The molecule has 0 saturated heterocycles. The van der Waals surface area contributed by atoms with Crippen LogP contribution < -0.4 is 14.8 Å². The van der Waals surface area contributed by atoms with E-state index in [0.29, 0.717) is 36.2 Å². The van der Waals surface area contributed by atoms with E-state index in [1.165, 1.54) is 13.2 Å². The van der Waals surface area contributed by atoms with Gasteiger partial charge in [0.05, 0.1) is 24.9 Å². The minimum absolute atomic E-state index is 0.0649. The third kappa shape index (κ3) is 3.80. The fraction of sp³-hybridized carbons (Fsp3) is 0.208. The van der Waals surface area contributed by atoms with E-state index in [9.17, 15) is 4.39 Å². The number of aryl methyl sites for hydroxylation is 1. The summed E-state index contributed by atoms with van der Waals surface area (Å²) < 4.78 is 28.9. The SMILES string of the molecule is COc1ccc(C[C@H]2COc3cc(-c4ccnc(Nc5ccnn5C)n4)cc4nnc2n34)cc1F. The van der Waals surface area contributed by atoms with Crippen LogP contribution >= 0.6 is 0 Å². The van der Waals surface area contributed by atoms with E-state index >= 15 is 0 Å². The maximum atomic E-state index is 14.2. The summed E-state index contributed by atoms with van der Waals surface area (Å²) in [6, 6.07) is 12.5. The Morgan fingerprint density at radius 3 is 2.86 bits per heavy atom. The zero-order valence-corrected chi connectivity index (χ0v) is 19.0. The van der Waals surface area contributed by atoms with Crippen molar-refractivity contribution in [2.45, 2.75) is 12.3 Å². The van der Waals surface area contributed by atoms with E-state index in [1.54, 1.807) is 23.1 Å². The van der Waals surface area contributed by atoms with Crippen LogP contribution in [0.15, 0.2) is 54.9 Å². The molecule has 1 N–H and O–H groups in total. The molecule has 1 atom stereocenters. The first-order chi connectivity index (χ1) is 17.1. The molecule has 5 heterocycles. The number of aromatic nitrogens is 7. The molecule has 5 aromatic rings. The highest BCUT2D eigenvalue weighted by atomic mass is 19.1. The molecule has 1 aromatic carbocycles. The van der Waals surface area contributed by atoms with E-state index in [-0.39, 0.29) is 17.5 Å². The molecule has 0 amide bonds. The predicted molar refractivity (Wildman–Crippen MR) is 125 cm³/mol. The molecule has 0 spiro atoms. The predicted octanol–water partition coefficient (Wildman–Crippen LogP) is 3.53. The summed E-state index contributed by atoms with van der Waals surface area (Å²) in [5, 5.41) is 16.1. The van der Waals surface area contributed by atoms with Gasteiger partial charge in [0.15, 0.2) is 17.2 Å². The van der Waals surface area contributed by atoms with Gasteiger partial charge in [-0.25, -0.2) is 18.8 Å². The lowest BCUT2D eigenvalue weighted by molar-refractivity contribution is 0.245. The van der Waals surface area contributed by atoms with Crippen LogP contribution in [0.1, 0.15) is 17.3 Å². The zero-order valence-electron chi connectivity index (χ0n) is 19.0. The standard InChI is InChI=1S/C24H21FN8O2/c1-32-20(6-8-27-32)29-24-26-7-5-18(28-24)15-11-21-30-31-23-16(13-35-22(12-15)33(21)23)9-14-3-4-19(34-2)17(25)10-14/h3-8,10-12,16H,9,13H2,1-2H3,(H,26,28,29)/t16-/m0/s1. The molecular formula is C24H21FN8O2. The molecule has 1 aliphatic rings. The van der Waals surface area contributed by atoms with Gasteiger partial charge in [-0.1, -0.05) is 6.07 Å². The monoisotopic (exact) mass is 472 g/mol. The third-order valence-electron chi connectivity index (χ3n) is 6.01. The third-order valence-corrected chi connectivity index (χ3v) is 6.01. The van der Waals surface area contributed by atoms with Crippen LogP contribution in [0.2, 0.25) is 0 Å². The van der Waals surface area contributed by atoms with Crippen molar-refractivity contribution in [2.24, 2.45) is 7.05 Å². The van der Waals surface area contributed by atoms with Gasteiger partial charge < -0.3 is 14.8 Å². The lowest BCUT2D eigenvalue weighted by atomic mass is 9.98. The molecule has 176 valence electrons. The van der Waals surface area contributed by atoms with Gasteiger partial charge in [-0.3, -0.25) is 4.68 Å². The van der Waals surface area contributed by atoms with Crippen LogP contribution in [-0.2, 0) is 13.5 Å². The number of rotatable bonds is 6. The van der Waals surface area contributed by atoms with Crippen LogP contribution in [-0.4, -0.2) is 48.1 Å². The number of hydrogen-bond donors (Lipinski definition) is 1. The molecule has 11 heteroatoms. The van der Waals surface area contributed by atoms with Crippen LogP contribution in [0.25, 0.3) is 16.9 Å². The molecule has 1 aliphatic heterocycles. The van der Waals surface area contributed by atoms with Gasteiger partial charge in [-0.05, 0) is 36.2 Å². The van der Waals surface area contributed by atoms with Crippen molar-refractivity contribution in [1.82, 2.24) is 34.3 Å². The molecule has 0 bridgehead atoms. The van der Waals surface area contributed by atoms with Gasteiger partial charge in [0.25, 0.3) is 0 Å². The second-order valence-corrected chi connectivity index (χ2v) is 8.25. The van der Waals surface area contributed by atoms with Crippen LogP contribution in [0.5, 0.6) is 11.6 Å². The number of hydrogen-bond acceptors (Lipinski definition) is 8. The van der Waals surface area contributed by atoms with Crippen LogP contribution in [0, 0.1) is 5.82 Å². The summed E-state index contributed by atoms with van der Waals surface area (Å²) in [7, 11) is 3.29. The molecule has 35 heavy (non-hydrogen) atoms. The summed E-state index contributed by atoms with van der Waals surface area (Å²) >= 11 is 0. The second-order valence-electron chi connectivity index (χ2n) is 8.25. The topological polar surface area (TPSA) is 104 Å². The van der Waals surface area contributed by atoms with E-state index in [4.69, 9.17) is 9.47 Å². The zero-order chi connectivity index (χ0) is 23.9. The molecule has 10 nitrogen and oxygen atoms in total. The number of ether oxygens (including phenoxy) is 2. The average molecular weight is 472 g/mol. The maximum absolute atomic E-state index is 14.2. The molecule has 0 aliphatic carbocycles. The minimum atomic E-state index is -0.389. The molecule has 6 rings (SSSR count). The highest BCUT2D eigenvalue weighted by Crippen LogP contribution is 2.33. The van der Waals surface area contributed by atoms with Crippen molar-refractivity contribution in [1.29, 1.82) is 0 Å². The maximum Gasteiger partial charge on any atom is 0.228 e. The van der Waals surface area contributed by atoms with E-state index < -0.39 is 0 Å². The Morgan fingerprint density at radius 2 is 2.06 bits per heavy atom. The molecular weight excluding hydrogens is 451 g/mol. The van der Waals surface area contributed by atoms with Gasteiger partial charge >= 0.3 is 0 Å². The summed E-state index contributed by atoms with van der Waals surface area (Å²) in [6.07, 6.45) is 3.96. The van der Waals surface area contributed by atoms with Crippen molar-refractivity contribution >= 4 is 17.4 Å².